The van der Waals surface area contributed by atoms with Crippen molar-refractivity contribution in [3.63, 3.8) is 0 Å². The lowest BCUT2D eigenvalue weighted by atomic mass is 10.0. The highest BCUT2D eigenvalue weighted by Crippen LogP contribution is 2.17. The Hall–Kier alpha value is -2.45. The third kappa shape index (κ3) is 46.7. The van der Waals surface area contributed by atoms with Crippen LogP contribution in [0.25, 0.3) is 0 Å². The Bertz CT molecular complexity index is 1170. The lowest BCUT2D eigenvalue weighted by Gasteiger charge is -2.34. The maximum absolute atomic E-state index is 12.8. The molecule has 0 heterocycles. The average Bonchev–Trinajstić information content (AvgIpc) is 3.28. The van der Waals surface area contributed by atoms with Crippen LogP contribution in [0.1, 0.15) is 264 Å². The summed E-state index contributed by atoms with van der Waals surface area (Å²) in [6.07, 6.45) is 59.0. The first-order chi connectivity index (χ1) is 32.1. The minimum atomic E-state index is -1.12. The molecule has 386 valence electrons. The van der Waals surface area contributed by atoms with Crippen molar-refractivity contribution in [3.05, 3.63) is 36.5 Å². The number of hydrogen-bond acceptors (Lipinski definition) is 7. The minimum Gasteiger partial charge on any atom is -0.544 e. The molecule has 0 fully saturated rings. The first kappa shape index (κ1) is 63.5. The zero-order valence-electron chi connectivity index (χ0n) is 44.1. The highest BCUT2D eigenvalue weighted by Gasteiger charge is 2.25. The number of quaternary nitrogens is 1. The van der Waals surface area contributed by atoms with Crippen LogP contribution in [0.4, 0.5) is 0 Å². The molecule has 0 aliphatic carbocycles. The molecule has 0 N–H and O–H groups in total. The summed E-state index contributed by atoms with van der Waals surface area (Å²) < 4.78 is 17.3. The van der Waals surface area contributed by atoms with Gasteiger partial charge >= 0.3 is 11.9 Å². The van der Waals surface area contributed by atoms with Crippen LogP contribution < -0.4 is 5.11 Å². The summed E-state index contributed by atoms with van der Waals surface area (Å²) in [5.41, 5.74) is 0. The molecule has 0 spiro atoms. The van der Waals surface area contributed by atoms with Crippen molar-refractivity contribution in [2.45, 2.75) is 276 Å². The number of allylic oxidation sites excluding steroid dienone is 6. The van der Waals surface area contributed by atoms with Crippen LogP contribution in [-0.4, -0.2) is 75.5 Å². The van der Waals surface area contributed by atoms with Crippen molar-refractivity contribution in [3.8, 4) is 0 Å². The highest BCUT2D eigenvalue weighted by atomic mass is 16.6. The molecule has 0 aromatic carbocycles. The molecule has 0 aromatic heterocycles. The first-order valence-electron chi connectivity index (χ1n) is 28.0. The van der Waals surface area contributed by atoms with Crippen molar-refractivity contribution in [1.82, 2.24) is 0 Å². The molecule has 0 aliphatic rings. The number of esters is 2. The van der Waals surface area contributed by atoms with Gasteiger partial charge in [-0.2, -0.15) is 0 Å². The molecule has 0 saturated carbocycles. The third-order valence-corrected chi connectivity index (χ3v) is 12.8. The monoisotopic (exact) mass is 930 g/mol. The third-order valence-electron chi connectivity index (χ3n) is 12.8. The molecule has 8 nitrogen and oxygen atoms in total. The van der Waals surface area contributed by atoms with Crippen molar-refractivity contribution in [2.24, 2.45) is 0 Å². The molecule has 0 amide bonds. The summed E-state index contributed by atoms with van der Waals surface area (Å²) in [5, 5.41) is 11.7. The van der Waals surface area contributed by atoms with Gasteiger partial charge in [0, 0.05) is 19.3 Å². The predicted molar refractivity (Wildman–Crippen MR) is 277 cm³/mol. The number of nitrogens with zero attached hydrogens (tertiary/aromatic N) is 1. The van der Waals surface area contributed by atoms with Crippen molar-refractivity contribution in [2.75, 3.05) is 41.0 Å². The summed E-state index contributed by atoms with van der Waals surface area (Å²) in [5.74, 6) is -1.72. The van der Waals surface area contributed by atoms with Gasteiger partial charge in [0.25, 0.3) is 0 Å². The number of rotatable bonds is 51. The minimum absolute atomic E-state index is 0.0440. The Morgan fingerprint density at radius 1 is 0.470 bits per heavy atom. The summed E-state index contributed by atoms with van der Waals surface area (Å²) >= 11 is 0. The zero-order valence-corrected chi connectivity index (χ0v) is 44.1. The predicted octanol–water partition coefficient (Wildman–Crippen LogP) is 15.2. The van der Waals surface area contributed by atoms with Gasteiger partial charge in [0.05, 0.1) is 40.3 Å². The van der Waals surface area contributed by atoms with Gasteiger partial charge in [-0.3, -0.25) is 9.59 Å². The van der Waals surface area contributed by atoms with E-state index in [9.17, 15) is 19.5 Å². The molecule has 66 heavy (non-hydrogen) atoms. The van der Waals surface area contributed by atoms with E-state index in [0.29, 0.717) is 12.8 Å². The molecule has 0 rings (SSSR count). The van der Waals surface area contributed by atoms with E-state index in [2.05, 4.69) is 50.3 Å². The molecular formula is C58H107NO7. The van der Waals surface area contributed by atoms with E-state index in [1.807, 2.05) is 21.1 Å². The van der Waals surface area contributed by atoms with E-state index >= 15 is 0 Å². The van der Waals surface area contributed by atoms with E-state index in [0.717, 1.165) is 57.8 Å². The molecule has 2 unspecified atom stereocenters. The molecular weight excluding hydrogens is 823 g/mol. The van der Waals surface area contributed by atoms with Gasteiger partial charge in [-0.25, -0.2) is 0 Å². The van der Waals surface area contributed by atoms with Gasteiger partial charge in [0.15, 0.2) is 6.10 Å². The Balaban J connectivity index is 4.15. The second-order valence-electron chi connectivity index (χ2n) is 20.2. The number of carbonyl (C=O) groups excluding carboxylic acids is 3. The topological polar surface area (TPSA) is 102 Å². The number of hydrogen-bond donors (Lipinski definition) is 0. The van der Waals surface area contributed by atoms with Crippen LogP contribution in [0.5, 0.6) is 0 Å². The fourth-order valence-electron chi connectivity index (χ4n) is 8.50. The number of carbonyl (C=O) groups is 3. The summed E-state index contributed by atoms with van der Waals surface area (Å²) in [6, 6.07) is -0.725. The van der Waals surface area contributed by atoms with E-state index in [-0.39, 0.29) is 42.7 Å². The van der Waals surface area contributed by atoms with Crippen molar-refractivity contribution >= 4 is 17.9 Å². The van der Waals surface area contributed by atoms with Crippen LogP contribution in [0.3, 0.4) is 0 Å². The molecule has 0 aliphatic heterocycles. The van der Waals surface area contributed by atoms with Gasteiger partial charge in [-0.15, -0.1) is 0 Å². The van der Waals surface area contributed by atoms with Crippen molar-refractivity contribution in [1.29, 1.82) is 0 Å². The van der Waals surface area contributed by atoms with Crippen LogP contribution in [0.2, 0.25) is 0 Å². The Kier molecular flexibility index (Phi) is 47.2. The number of likely N-dealkylation sites (N-methyl/N-ethyl adjacent to an activating group) is 1. The molecule has 0 bridgehead atoms. The normalized spacial score (nSPS) is 13.0. The molecule has 0 saturated heterocycles. The fraction of sp³-hybridized carbons (Fsp3) is 0.845. The quantitative estimate of drug-likeness (QED) is 0.0259. The lowest BCUT2D eigenvalue weighted by molar-refractivity contribution is -0.889. The zero-order chi connectivity index (χ0) is 48.4. The number of unbranched alkanes of at least 4 members (excludes halogenated alkanes) is 31. The number of aliphatic carboxylic acids is 1. The highest BCUT2D eigenvalue weighted by molar-refractivity contribution is 5.70. The van der Waals surface area contributed by atoms with Gasteiger partial charge < -0.3 is 28.6 Å². The second-order valence-corrected chi connectivity index (χ2v) is 20.2. The smallest absolute Gasteiger partial charge is 0.306 e. The Morgan fingerprint density at radius 3 is 1.26 bits per heavy atom. The van der Waals surface area contributed by atoms with Crippen LogP contribution in [-0.2, 0) is 28.6 Å². The van der Waals surface area contributed by atoms with Gasteiger partial charge in [-0.1, -0.05) is 237 Å². The van der Waals surface area contributed by atoms with Crippen molar-refractivity contribution < 1.29 is 38.2 Å². The Morgan fingerprint density at radius 2 is 0.848 bits per heavy atom. The second kappa shape index (κ2) is 49.0. The number of carboxylic acid groups (broad SMARTS) is 1. The first-order valence-corrected chi connectivity index (χ1v) is 28.0. The maximum atomic E-state index is 12.8. The van der Waals surface area contributed by atoms with Gasteiger partial charge in [0.1, 0.15) is 12.6 Å². The van der Waals surface area contributed by atoms with Gasteiger partial charge in [-0.05, 0) is 44.9 Å². The number of carboxylic acids is 1. The number of ether oxygens (including phenoxy) is 3. The summed E-state index contributed by atoms with van der Waals surface area (Å²) in [6.45, 7) is 4.60. The maximum Gasteiger partial charge on any atom is 0.306 e. The summed E-state index contributed by atoms with van der Waals surface area (Å²) in [4.78, 5) is 37.1. The van der Waals surface area contributed by atoms with Crippen LogP contribution in [0.15, 0.2) is 36.5 Å². The van der Waals surface area contributed by atoms with E-state index in [1.165, 1.54) is 173 Å². The average molecular weight is 930 g/mol. The van der Waals surface area contributed by atoms with Gasteiger partial charge in [0.2, 0.25) is 0 Å². The molecule has 8 heteroatoms. The molecule has 2 atom stereocenters. The largest absolute Gasteiger partial charge is 0.544 e. The standard InChI is InChI=1S/C58H107NO7/c1-6-8-10-12-14-16-18-20-22-24-26-28-30-32-34-36-38-40-42-44-46-48-56(60)65-53-54(52-64-51-50-55(58(62)63)59(3,4)5)66-57(61)49-47-45-43-41-39-37-35-33-31-29-27-25-23-21-19-17-15-13-11-9-7-2/h8,10,14,16,20,22,54-55H,6-7,9,11-13,15,17-19,21,23-53H2,1-5H3/b10-8+,16-14+,22-20+. The SMILES string of the molecule is CC/C=C/C/C=C/C/C=C/CCCCCCCCCCCCCC(=O)OCC(COCCC(C(=O)[O-])[N+](C)(C)C)OC(=O)CCCCCCCCCCCCCCCCCCCCCCC. The van der Waals surface area contributed by atoms with E-state index in [1.54, 1.807) is 0 Å². The van der Waals surface area contributed by atoms with E-state index < -0.39 is 18.1 Å². The molecule has 0 aromatic rings. The molecule has 0 radical (unpaired) electrons. The fourth-order valence-corrected chi connectivity index (χ4v) is 8.50. The lowest BCUT2D eigenvalue weighted by Crippen LogP contribution is -2.55. The summed E-state index contributed by atoms with van der Waals surface area (Å²) in [7, 11) is 5.43. The Labute approximate surface area is 408 Å². The van der Waals surface area contributed by atoms with E-state index in [4.69, 9.17) is 14.2 Å². The van der Waals surface area contributed by atoms with Crippen LogP contribution >= 0.6 is 0 Å². The van der Waals surface area contributed by atoms with Crippen LogP contribution in [0, 0.1) is 0 Å².